The van der Waals surface area contributed by atoms with E-state index in [9.17, 15) is 8.42 Å². The molecule has 0 aliphatic carbocycles. The van der Waals surface area contributed by atoms with Crippen LogP contribution in [0.2, 0.25) is 0 Å². The topological polar surface area (TPSA) is 59.1 Å². The van der Waals surface area contributed by atoms with Gasteiger partial charge in [0.25, 0.3) is 0 Å². The highest BCUT2D eigenvalue weighted by Gasteiger charge is 2.25. The summed E-state index contributed by atoms with van der Waals surface area (Å²) in [5.41, 5.74) is 0. The van der Waals surface area contributed by atoms with E-state index in [1.54, 1.807) is 18.3 Å². The van der Waals surface area contributed by atoms with Crippen LogP contribution >= 0.6 is 0 Å². The fourth-order valence-electron chi connectivity index (χ4n) is 2.38. The number of benzene rings is 1. The standard InChI is InChI=1S/C15H24N2O4S/c1-3-22(18,19)17-10-8-16(9-11-17)12-13-21-15-6-4-14(20-2)5-7-15/h4-7H,3,8-13H2,1-2H3. The van der Waals surface area contributed by atoms with Crippen molar-refractivity contribution in [3.05, 3.63) is 24.3 Å². The van der Waals surface area contributed by atoms with Crippen LogP contribution in [0.1, 0.15) is 6.92 Å². The number of hydrogen-bond acceptors (Lipinski definition) is 5. The molecule has 7 heteroatoms. The highest BCUT2D eigenvalue weighted by Crippen LogP contribution is 2.17. The van der Waals surface area contributed by atoms with Gasteiger partial charge in [0.15, 0.2) is 0 Å². The first-order valence-electron chi connectivity index (χ1n) is 7.52. The van der Waals surface area contributed by atoms with Gasteiger partial charge in [-0.3, -0.25) is 4.90 Å². The maximum atomic E-state index is 11.8. The minimum Gasteiger partial charge on any atom is -0.497 e. The zero-order valence-electron chi connectivity index (χ0n) is 13.2. The molecule has 2 rings (SSSR count). The van der Waals surface area contributed by atoms with Crippen LogP contribution in [0.25, 0.3) is 0 Å². The molecular formula is C15H24N2O4S. The fraction of sp³-hybridized carbons (Fsp3) is 0.600. The van der Waals surface area contributed by atoms with Gasteiger partial charge in [0, 0.05) is 32.7 Å². The molecule has 0 aromatic heterocycles. The summed E-state index contributed by atoms with van der Waals surface area (Å²) in [5.74, 6) is 1.79. The molecule has 6 nitrogen and oxygen atoms in total. The lowest BCUT2D eigenvalue weighted by Crippen LogP contribution is -2.49. The first kappa shape index (κ1) is 17.1. The fourth-order valence-corrected chi connectivity index (χ4v) is 3.46. The minimum absolute atomic E-state index is 0.174. The molecule has 0 N–H and O–H groups in total. The zero-order chi connectivity index (χ0) is 16.0. The molecule has 0 radical (unpaired) electrons. The lowest BCUT2D eigenvalue weighted by molar-refractivity contribution is 0.159. The Hall–Kier alpha value is -1.31. The number of hydrogen-bond donors (Lipinski definition) is 0. The molecule has 0 spiro atoms. The lowest BCUT2D eigenvalue weighted by Gasteiger charge is -2.33. The van der Waals surface area contributed by atoms with E-state index in [-0.39, 0.29) is 5.75 Å². The number of methoxy groups -OCH3 is 1. The molecule has 124 valence electrons. The summed E-state index contributed by atoms with van der Waals surface area (Å²) in [7, 11) is -1.42. The van der Waals surface area contributed by atoms with E-state index >= 15 is 0 Å². The number of sulfonamides is 1. The predicted octanol–water partition coefficient (Wildman–Crippen LogP) is 1.04. The van der Waals surface area contributed by atoms with Gasteiger partial charge in [0.2, 0.25) is 10.0 Å². The second-order valence-corrected chi connectivity index (χ2v) is 7.42. The highest BCUT2D eigenvalue weighted by atomic mass is 32.2. The second-order valence-electron chi connectivity index (χ2n) is 5.17. The monoisotopic (exact) mass is 328 g/mol. The molecule has 1 aromatic rings. The summed E-state index contributed by atoms with van der Waals surface area (Å²) in [6, 6.07) is 7.49. The Bertz CT molecular complexity index is 551. The summed E-state index contributed by atoms with van der Waals surface area (Å²) < 4.78 is 35.9. The van der Waals surface area contributed by atoms with E-state index in [0.29, 0.717) is 19.7 Å². The van der Waals surface area contributed by atoms with Crippen LogP contribution in [0, 0.1) is 0 Å². The first-order valence-corrected chi connectivity index (χ1v) is 9.13. The van der Waals surface area contributed by atoms with Gasteiger partial charge < -0.3 is 9.47 Å². The van der Waals surface area contributed by atoms with Crippen LogP contribution in [0.5, 0.6) is 11.5 Å². The molecule has 0 saturated carbocycles. The van der Waals surface area contributed by atoms with Crippen molar-refractivity contribution in [2.45, 2.75) is 6.92 Å². The summed E-state index contributed by atoms with van der Waals surface area (Å²) >= 11 is 0. The van der Waals surface area contributed by atoms with E-state index in [1.165, 1.54) is 0 Å². The molecule has 0 atom stereocenters. The Balaban J connectivity index is 1.70. The SMILES string of the molecule is CCS(=O)(=O)N1CCN(CCOc2ccc(OC)cc2)CC1. The predicted molar refractivity (Wildman–Crippen MR) is 86.0 cm³/mol. The van der Waals surface area contributed by atoms with Crippen molar-refractivity contribution in [3.63, 3.8) is 0 Å². The van der Waals surface area contributed by atoms with Crippen LogP contribution < -0.4 is 9.47 Å². The van der Waals surface area contributed by atoms with Gasteiger partial charge >= 0.3 is 0 Å². The molecule has 0 unspecified atom stereocenters. The molecule has 1 aliphatic rings. The molecule has 22 heavy (non-hydrogen) atoms. The smallest absolute Gasteiger partial charge is 0.213 e. The zero-order valence-corrected chi connectivity index (χ0v) is 14.0. The largest absolute Gasteiger partial charge is 0.497 e. The van der Waals surface area contributed by atoms with Crippen LogP contribution in [0.4, 0.5) is 0 Å². The Kier molecular flexibility index (Phi) is 6.05. The van der Waals surface area contributed by atoms with Gasteiger partial charge in [0.1, 0.15) is 18.1 Å². The molecule has 0 bridgehead atoms. The van der Waals surface area contributed by atoms with Crippen molar-refractivity contribution in [2.75, 3.05) is 52.2 Å². The molecule has 1 heterocycles. The Morgan fingerprint density at radius 2 is 1.64 bits per heavy atom. The first-order chi connectivity index (χ1) is 10.5. The van der Waals surface area contributed by atoms with Gasteiger partial charge in [-0.15, -0.1) is 0 Å². The third kappa shape index (κ3) is 4.59. The van der Waals surface area contributed by atoms with Gasteiger partial charge in [0.05, 0.1) is 12.9 Å². The Morgan fingerprint density at radius 1 is 1.05 bits per heavy atom. The van der Waals surface area contributed by atoms with E-state index in [4.69, 9.17) is 9.47 Å². The molecule has 1 fully saturated rings. The summed E-state index contributed by atoms with van der Waals surface area (Å²) in [6.07, 6.45) is 0. The maximum Gasteiger partial charge on any atom is 0.213 e. The van der Waals surface area contributed by atoms with Gasteiger partial charge in [-0.05, 0) is 31.2 Å². The van der Waals surface area contributed by atoms with Crippen molar-refractivity contribution in [3.8, 4) is 11.5 Å². The number of rotatable bonds is 7. The average molecular weight is 328 g/mol. The van der Waals surface area contributed by atoms with E-state index in [2.05, 4.69) is 4.90 Å². The maximum absolute atomic E-state index is 11.8. The van der Waals surface area contributed by atoms with Crippen molar-refractivity contribution in [2.24, 2.45) is 0 Å². The number of ether oxygens (including phenoxy) is 2. The highest BCUT2D eigenvalue weighted by molar-refractivity contribution is 7.89. The third-order valence-electron chi connectivity index (χ3n) is 3.83. The van der Waals surface area contributed by atoms with Crippen molar-refractivity contribution >= 4 is 10.0 Å². The normalized spacial score (nSPS) is 17.4. The van der Waals surface area contributed by atoms with Crippen LogP contribution in [-0.4, -0.2) is 69.8 Å². The summed E-state index contributed by atoms with van der Waals surface area (Å²) in [4.78, 5) is 2.23. The van der Waals surface area contributed by atoms with Crippen LogP contribution in [0.3, 0.4) is 0 Å². The van der Waals surface area contributed by atoms with Crippen LogP contribution in [0.15, 0.2) is 24.3 Å². The molecular weight excluding hydrogens is 304 g/mol. The molecule has 0 amide bonds. The van der Waals surface area contributed by atoms with E-state index < -0.39 is 10.0 Å². The number of piperazine rings is 1. The third-order valence-corrected chi connectivity index (χ3v) is 5.71. The average Bonchev–Trinajstić information content (AvgIpc) is 2.56. The quantitative estimate of drug-likeness (QED) is 0.748. The van der Waals surface area contributed by atoms with Gasteiger partial charge in [-0.2, -0.15) is 4.31 Å². The summed E-state index contributed by atoms with van der Waals surface area (Å²) in [5, 5.41) is 0. The minimum atomic E-state index is -3.05. The number of nitrogens with zero attached hydrogens (tertiary/aromatic N) is 2. The molecule has 1 saturated heterocycles. The van der Waals surface area contributed by atoms with Crippen molar-refractivity contribution in [1.29, 1.82) is 0 Å². The van der Waals surface area contributed by atoms with E-state index in [1.807, 2.05) is 24.3 Å². The van der Waals surface area contributed by atoms with Gasteiger partial charge in [-0.25, -0.2) is 8.42 Å². The Labute approximate surface area is 132 Å². The van der Waals surface area contributed by atoms with Crippen molar-refractivity contribution in [1.82, 2.24) is 9.21 Å². The van der Waals surface area contributed by atoms with E-state index in [0.717, 1.165) is 31.1 Å². The Morgan fingerprint density at radius 3 is 2.18 bits per heavy atom. The summed E-state index contributed by atoms with van der Waals surface area (Å²) in [6.45, 7) is 5.72. The molecule has 1 aliphatic heterocycles. The van der Waals surface area contributed by atoms with Gasteiger partial charge in [-0.1, -0.05) is 0 Å². The lowest BCUT2D eigenvalue weighted by atomic mass is 10.3. The second kappa shape index (κ2) is 7.80. The van der Waals surface area contributed by atoms with Crippen LogP contribution in [-0.2, 0) is 10.0 Å². The van der Waals surface area contributed by atoms with Crippen molar-refractivity contribution < 1.29 is 17.9 Å². The molecule has 1 aromatic carbocycles.